The number of carbonyl (C=O) groups excluding carboxylic acids is 1. The molecule has 4 rings (SSSR count). The number of fused-ring (bicyclic) bond motifs is 1. The largest absolute Gasteiger partial charge is 0.349 e. The van der Waals surface area contributed by atoms with E-state index in [-0.39, 0.29) is 11.9 Å². The maximum Gasteiger partial charge on any atom is 0.256 e. The Morgan fingerprint density at radius 2 is 2.17 bits per heavy atom. The summed E-state index contributed by atoms with van der Waals surface area (Å²) in [5, 5.41) is 8.02. The molecule has 0 aliphatic heterocycles. The fraction of sp³-hybridized carbons (Fsp3) is 0.278. The minimum absolute atomic E-state index is 0.113. The Morgan fingerprint density at radius 1 is 1.33 bits per heavy atom. The van der Waals surface area contributed by atoms with Gasteiger partial charge in [0.15, 0.2) is 5.65 Å². The summed E-state index contributed by atoms with van der Waals surface area (Å²) in [6.45, 7) is 1.90. The molecule has 0 radical (unpaired) electrons. The van der Waals surface area contributed by atoms with Gasteiger partial charge in [0.25, 0.3) is 5.91 Å². The summed E-state index contributed by atoms with van der Waals surface area (Å²) in [6, 6.07) is 9.98. The van der Waals surface area contributed by atoms with Crippen molar-refractivity contribution in [1.82, 2.24) is 19.9 Å². The number of carbonyl (C=O) groups is 1. The number of nitrogens with zero attached hydrogens (tertiary/aromatic N) is 3. The second kappa shape index (κ2) is 5.91. The van der Waals surface area contributed by atoms with Gasteiger partial charge in [0, 0.05) is 23.0 Å². The van der Waals surface area contributed by atoms with Gasteiger partial charge in [-0.3, -0.25) is 4.79 Å². The van der Waals surface area contributed by atoms with Crippen molar-refractivity contribution in [2.24, 2.45) is 0 Å². The quantitative estimate of drug-likeness (QED) is 0.795. The highest BCUT2D eigenvalue weighted by Crippen LogP contribution is 2.37. The third kappa shape index (κ3) is 2.76. The Kier molecular flexibility index (Phi) is 3.73. The van der Waals surface area contributed by atoms with Gasteiger partial charge in [-0.25, -0.2) is 9.50 Å². The van der Waals surface area contributed by atoms with Gasteiger partial charge in [0.05, 0.1) is 6.20 Å². The average Bonchev–Trinajstić information content (AvgIpc) is 2.93. The Morgan fingerprint density at radius 3 is 2.96 bits per heavy atom. The Balaban J connectivity index is 1.43. The van der Waals surface area contributed by atoms with Crippen molar-refractivity contribution in [3.05, 3.63) is 64.6 Å². The van der Waals surface area contributed by atoms with Crippen LogP contribution in [0.2, 0.25) is 5.02 Å². The predicted octanol–water partition coefficient (Wildman–Crippen LogP) is 3.37. The highest BCUT2D eigenvalue weighted by molar-refractivity contribution is 6.30. The van der Waals surface area contributed by atoms with Crippen LogP contribution < -0.4 is 5.32 Å². The van der Waals surface area contributed by atoms with Crippen molar-refractivity contribution < 1.29 is 4.79 Å². The van der Waals surface area contributed by atoms with Gasteiger partial charge in [-0.1, -0.05) is 23.7 Å². The van der Waals surface area contributed by atoms with Crippen molar-refractivity contribution in [2.75, 3.05) is 0 Å². The number of hydrogen-bond acceptors (Lipinski definition) is 3. The average molecular weight is 341 g/mol. The third-order valence-electron chi connectivity index (χ3n) is 4.55. The van der Waals surface area contributed by atoms with Crippen LogP contribution in [0, 0.1) is 6.92 Å². The third-order valence-corrected chi connectivity index (χ3v) is 4.78. The lowest BCUT2D eigenvalue weighted by atomic mass is 9.76. The molecular formula is C18H17ClN4O. The molecule has 0 unspecified atom stereocenters. The molecule has 1 fully saturated rings. The number of hydrogen-bond donors (Lipinski definition) is 1. The summed E-state index contributed by atoms with van der Waals surface area (Å²) in [5.41, 5.74) is 3.21. The lowest BCUT2D eigenvalue weighted by Crippen LogP contribution is -2.43. The Hall–Kier alpha value is -2.40. The fourth-order valence-electron chi connectivity index (χ4n) is 3.15. The normalized spacial score (nSPS) is 19.9. The van der Waals surface area contributed by atoms with Crippen LogP contribution in [-0.4, -0.2) is 26.5 Å². The minimum Gasteiger partial charge on any atom is -0.349 e. The standard InChI is InChI=1S/C18H17ClN4O/c1-11-5-6-23-17(21-11)16(10-20-23)18(24)22-15-8-13(9-15)12-3-2-4-14(19)7-12/h2-7,10,13,15H,8-9H2,1H3,(H,22,24). The zero-order valence-corrected chi connectivity index (χ0v) is 14.0. The number of amides is 1. The lowest BCUT2D eigenvalue weighted by molar-refractivity contribution is 0.0910. The Bertz CT molecular complexity index is 914. The molecule has 0 saturated heterocycles. The van der Waals surface area contributed by atoms with Crippen molar-refractivity contribution >= 4 is 23.2 Å². The second-order valence-electron chi connectivity index (χ2n) is 6.29. The van der Waals surface area contributed by atoms with Gasteiger partial charge < -0.3 is 5.32 Å². The van der Waals surface area contributed by atoms with Gasteiger partial charge in [0.2, 0.25) is 0 Å². The predicted molar refractivity (Wildman–Crippen MR) is 92.4 cm³/mol. The summed E-state index contributed by atoms with van der Waals surface area (Å²) in [6.07, 6.45) is 5.24. The molecule has 0 atom stereocenters. The maximum atomic E-state index is 12.5. The second-order valence-corrected chi connectivity index (χ2v) is 6.73. The van der Waals surface area contributed by atoms with Crippen LogP contribution in [0.3, 0.4) is 0 Å². The van der Waals surface area contributed by atoms with E-state index < -0.39 is 0 Å². The van der Waals surface area contributed by atoms with Gasteiger partial charge in [-0.2, -0.15) is 5.10 Å². The summed E-state index contributed by atoms with van der Waals surface area (Å²) in [7, 11) is 0. The minimum atomic E-state index is -0.113. The van der Waals surface area contributed by atoms with E-state index in [0.717, 1.165) is 23.6 Å². The van der Waals surface area contributed by atoms with Crippen LogP contribution in [0.25, 0.3) is 5.65 Å². The SMILES string of the molecule is Cc1ccn2ncc(C(=O)NC3CC(c4cccc(Cl)c4)C3)c2n1. The van der Waals surface area contributed by atoms with Crippen molar-refractivity contribution in [2.45, 2.75) is 31.7 Å². The number of aryl methyl sites for hydroxylation is 1. The number of benzene rings is 1. The van der Waals surface area contributed by atoms with Crippen molar-refractivity contribution in [3.63, 3.8) is 0 Å². The van der Waals surface area contributed by atoms with E-state index in [0.29, 0.717) is 17.1 Å². The highest BCUT2D eigenvalue weighted by Gasteiger charge is 2.32. The van der Waals surface area contributed by atoms with E-state index in [1.807, 2.05) is 37.4 Å². The van der Waals surface area contributed by atoms with Crippen LogP contribution in [0.1, 0.15) is 40.4 Å². The first-order chi connectivity index (χ1) is 11.6. The van der Waals surface area contributed by atoms with E-state index in [4.69, 9.17) is 11.6 Å². The molecule has 0 spiro atoms. The van der Waals surface area contributed by atoms with E-state index in [9.17, 15) is 4.79 Å². The molecule has 1 N–H and O–H groups in total. The molecule has 122 valence electrons. The molecule has 1 aromatic carbocycles. The number of aromatic nitrogens is 3. The molecule has 1 saturated carbocycles. The topological polar surface area (TPSA) is 59.3 Å². The van der Waals surface area contributed by atoms with Crippen LogP contribution in [0.5, 0.6) is 0 Å². The summed E-state index contributed by atoms with van der Waals surface area (Å²) in [4.78, 5) is 16.9. The zero-order chi connectivity index (χ0) is 16.7. The molecule has 2 heterocycles. The van der Waals surface area contributed by atoms with Crippen LogP contribution in [0.4, 0.5) is 0 Å². The first-order valence-electron chi connectivity index (χ1n) is 7.97. The van der Waals surface area contributed by atoms with Gasteiger partial charge in [-0.15, -0.1) is 0 Å². The van der Waals surface area contributed by atoms with Crippen molar-refractivity contribution in [3.8, 4) is 0 Å². The summed E-state index contributed by atoms with van der Waals surface area (Å²) >= 11 is 6.04. The number of halogens is 1. The summed E-state index contributed by atoms with van der Waals surface area (Å²) in [5.74, 6) is 0.343. The molecule has 5 nitrogen and oxygen atoms in total. The lowest BCUT2D eigenvalue weighted by Gasteiger charge is -2.36. The van der Waals surface area contributed by atoms with Crippen LogP contribution >= 0.6 is 11.6 Å². The molecule has 1 aliphatic rings. The van der Waals surface area contributed by atoms with Crippen LogP contribution in [-0.2, 0) is 0 Å². The van der Waals surface area contributed by atoms with Crippen LogP contribution in [0.15, 0.2) is 42.7 Å². The monoisotopic (exact) mass is 340 g/mol. The van der Waals surface area contributed by atoms with Gasteiger partial charge in [-0.05, 0) is 49.4 Å². The molecule has 0 bridgehead atoms. The number of rotatable bonds is 3. The maximum absolute atomic E-state index is 12.5. The van der Waals surface area contributed by atoms with E-state index in [1.165, 1.54) is 5.56 Å². The van der Waals surface area contributed by atoms with Gasteiger partial charge in [0.1, 0.15) is 5.56 Å². The molecule has 2 aromatic heterocycles. The molecule has 1 aliphatic carbocycles. The fourth-order valence-corrected chi connectivity index (χ4v) is 3.35. The number of nitrogens with one attached hydrogen (secondary N) is 1. The van der Waals surface area contributed by atoms with E-state index in [1.54, 1.807) is 10.7 Å². The van der Waals surface area contributed by atoms with E-state index in [2.05, 4.69) is 21.5 Å². The first kappa shape index (κ1) is 15.1. The zero-order valence-electron chi connectivity index (χ0n) is 13.2. The first-order valence-corrected chi connectivity index (χ1v) is 8.35. The van der Waals surface area contributed by atoms with Crippen molar-refractivity contribution in [1.29, 1.82) is 0 Å². The smallest absolute Gasteiger partial charge is 0.256 e. The molecule has 6 heteroatoms. The molecule has 3 aromatic rings. The van der Waals surface area contributed by atoms with Gasteiger partial charge >= 0.3 is 0 Å². The summed E-state index contributed by atoms with van der Waals surface area (Å²) < 4.78 is 1.62. The molecule has 24 heavy (non-hydrogen) atoms. The molecule has 1 amide bonds. The van der Waals surface area contributed by atoms with E-state index >= 15 is 0 Å². The Labute approximate surface area is 144 Å². The molecular weight excluding hydrogens is 324 g/mol. The highest BCUT2D eigenvalue weighted by atomic mass is 35.5.